The first-order valence-corrected chi connectivity index (χ1v) is 9.95. The van der Waals surface area contributed by atoms with Crippen LogP contribution in [0.2, 0.25) is 0 Å². The van der Waals surface area contributed by atoms with Gasteiger partial charge in [-0.3, -0.25) is 4.79 Å². The van der Waals surface area contributed by atoms with Crippen LogP contribution in [-0.2, 0) is 9.53 Å². The van der Waals surface area contributed by atoms with Crippen molar-refractivity contribution in [2.24, 2.45) is 0 Å². The predicted octanol–water partition coefficient (Wildman–Crippen LogP) is 3.38. The lowest BCUT2D eigenvalue weighted by molar-refractivity contribution is -0.142. The molecule has 0 aromatic rings. The molecule has 5 heteroatoms. The highest BCUT2D eigenvalue weighted by Crippen LogP contribution is 2.12. The van der Waals surface area contributed by atoms with Gasteiger partial charge in [0, 0.05) is 6.61 Å². The SMILES string of the molecule is CNCC(=O)OCCCCCCCCCCCSCCCO. The second-order valence-electron chi connectivity index (χ2n) is 5.62. The van der Waals surface area contributed by atoms with E-state index in [1.165, 1.54) is 50.7 Å². The van der Waals surface area contributed by atoms with Crippen LogP contribution in [0.3, 0.4) is 0 Å². The van der Waals surface area contributed by atoms with Crippen LogP contribution < -0.4 is 5.32 Å². The van der Waals surface area contributed by atoms with Gasteiger partial charge in [-0.15, -0.1) is 0 Å². The summed E-state index contributed by atoms with van der Waals surface area (Å²) in [6.45, 7) is 1.19. The summed E-state index contributed by atoms with van der Waals surface area (Å²) in [6.07, 6.45) is 12.3. The van der Waals surface area contributed by atoms with Crippen LogP contribution >= 0.6 is 11.8 Å². The van der Waals surface area contributed by atoms with Gasteiger partial charge in [0.1, 0.15) is 0 Å². The molecule has 0 aliphatic heterocycles. The molecule has 0 spiro atoms. The Morgan fingerprint density at radius 2 is 1.45 bits per heavy atom. The predicted molar refractivity (Wildman–Crippen MR) is 95.5 cm³/mol. The van der Waals surface area contributed by atoms with E-state index < -0.39 is 0 Å². The Morgan fingerprint density at radius 1 is 0.909 bits per heavy atom. The second kappa shape index (κ2) is 18.8. The molecule has 0 aromatic heterocycles. The Balaban J connectivity index is 3.01. The lowest BCUT2D eigenvalue weighted by atomic mass is 10.1. The highest BCUT2D eigenvalue weighted by atomic mass is 32.2. The third kappa shape index (κ3) is 17.8. The van der Waals surface area contributed by atoms with E-state index in [-0.39, 0.29) is 5.97 Å². The maximum Gasteiger partial charge on any atom is 0.319 e. The van der Waals surface area contributed by atoms with E-state index in [9.17, 15) is 4.79 Å². The number of esters is 1. The molecule has 132 valence electrons. The summed E-state index contributed by atoms with van der Waals surface area (Å²) in [5.74, 6) is 2.18. The number of ether oxygens (including phenoxy) is 1. The van der Waals surface area contributed by atoms with E-state index in [1.807, 2.05) is 11.8 Å². The van der Waals surface area contributed by atoms with Crippen LogP contribution in [0.15, 0.2) is 0 Å². The average molecular weight is 334 g/mol. The molecule has 0 aliphatic carbocycles. The standard InChI is InChI=1S/C17H35NO3S/c1-18-16-17(20)21-13-9-7-5-3-2-4-6-8-10-14-22-15-11-12-19/h18-19H,2-16H2,1H3. The maximum absolute atomic E-state index is 11.1. The Morgan fingerprint density at radius 3 is 2.05 bits per heavy atom. The Bertz CT molecular complexity index is 240. The van der Waals surface area contributed by atoms with Crippen molar-refractivity contribution in [2.75, 3.05) is 38.3 Å². The van der Waals surface area contributed by atoms with Crippen molar-refractivity contribution < 1.29 is 14.6 Å². The monoisotopic (exact) mass is 333 g/mol. The Kier molecular flexibility index (Phi) is 18.6. The summed E-state index contributed by atoms with van der Waals surface area (Å²) in [7, 11) is 1.75. The minimum atomic E-state index is -0.156. The number of likely N-dealkylation sites (N-methyl/N-ethyl adjacent to an activating group) is 1. The van der Waals surface area contributed by atoms with Gasteiger partial charge in [-0.2, -0.15) is 11.8 Å². The molecule has 0 bridgehead atoms. The van der Waals surface area contributed by atoms with E-state index in [1.54, 1.807) is 7.05 Å². The average Bonchev–Trinajstić information content (AvgIpc) is 2.51. The lowest BCUT2D eigenvalue weighted by Gasteiger charge is -2.05. The van der Waals surface area contributed by atoms with E-state index in [2.05, 4.69) is 5.32 Å². The van der Waals surface area contributed by atoms with Crippen molar-refractivity contribution >= 4 is 17.7 Å². The molecule has 0 unspecified atom stereocenters. The van der Waals surface area contributed by atoms with Crippen molar-refractivity contribution in [1.29, 1.82) is 0 Å². The fraction of sp³-hybridized carbons (Fsp3) is 0.941. The van der Waals surface area contributed by atoms with Crippen molar-refractivity contribution in [2.45, 2.75) is 64.2 Å². The minimum absolute atomic E-state index is 0.156. The third-order valence-electron chi connectivity index (χ3n) is 3.46. The number of carbonyl (C=O) groups excluding carboxylic acids is 1. The number of thioether (sulfide) groups is 1. The van der Waals surface area contributed by atoms with Gasteiger partial charge < -0.3 is 15.2 Å². The normalized spacial score (nSPS) is 10.8. The number of aliphatic hydroxyl groups is 1. The van der Waals surface area contributed by atoms with Crippen molar-refractivity contribution in [3.8, 4) is 0 Å². The Labute approximate surface area is 140 Å². The van der Waals surface area contributed by atoms with Crippen molar-refractivity contribution in [3.05, 3.63) is 0 Å². The largest absolute Gasteiger partial charge is 0.465 e. The number of rotatable bonds is 17. The first-order chi connectivity index (χ1) is 10.8. The van der Waals surface area contributed by atoms with E-state index in [0.717, 1.165) is 25.0 Å². The number of nitrogens with one attached hydrogen (secondary N) is 1. The van der Waals surface area contributed by atoms with Crippen molar-refractivity contribution in [1.82, 2.24) is 5.32 Å². The minimum Gasteiger partial charge on any atom is -0.465 e. The molecule has 0 aliphatic rings. The topological polar surface area (TPSA) is 58.6 Å². The molecule has 0 radical (unpaired) electrons. The summed E-state index contributed by atoms with van der Waals surface area (Å²) in [4.78, 5) is 11.1. The molecule has 0 saturated carbocycles. The Hall–Kier alpha value is -0.260. The molecule has 4 nitrogen and oxygen atoms in total. The number of carbonyl (C=O) groups is 1. The van der Waals surface area contributed by atoms with Crippen LogP contribution in [0.1, 0.15) is 64.2 Å². The van der Waals surface area contributed by atoms with Gasteiger partial charge >= 0.3 is 5.97 Å². The van der Waals surface area contributed by atoms with Gasteiger partial charge in [0.15, 0.2) is 0 Å². The summed E-state index contributed by atoms with van der Waals surface area (Å²) < 4.78 is 5.07. The molecule has 0 aromatic carbocycles. The molecule has 0 amide bonds. The first-order valence-electron chi connectivity index (χ1n) is 8.80. The summed E-state index contributed by atoms with van der Waals surface area (Å²) >= 11 is 1.96. The molecule has 0 heterocycles. The van der Waals surface area contributed by atoms with Crippen LogP contribution in [0.4, 0.5) is 0 Å². The van der Waals surface area contributed by atoms with Crippen LogP contribution in [0.25, 0.3) is 0 Å². The zero-order valence-electron chi connectivity index (χ0n) is 14.3. The molecular formula is C17H35NO3S. The molecule has 2 N–H and O–H groups in total. The van der Waals surface area contributed by atoms with Gasteiger partial charge in [0.05, 0.1) is 13.2 Å². The van der Waals surface area contributed by atoms with Gasteiger partial charge in [-0.1, -0.05) is 44.9 Å². The van der Waals surface area contributed by atoms with E-state index >= 15 is 0 Å². The first kappa shape index (κ1) is 21.7. The fourth-order valence-corrected chi connectivity index (χ4v) is 3.14. The van der Waals surface area contributed by atoms with Crippen LogP contribution in [-0.4, -0.2) is 49.4 Å². The number of hydrogen-bond acceptors (Lipinski definition) is 5. The van der Waals surface area contributed by atoms with Gasteiger partial charge in [0.2, 0.25) is 0 Å². The quantitative estimate of drug-likeness (QED) is 0.316. The molecule has 0 saturated heterocycles. The lowest BCUT2D eigenvalue weighted by Crippen LogP contribution is -2.21. The number of unbranched alkanes of at least 4 members (excludes halogenated alkanes) is 8. The summed E-state index contributed by atoms with van der Waals surface area (Å²) in [6, 6.07) is 0. The highest BCUT2D eigenvalue weighted by Gasteiger charge is 1.99. The molecule has 0 fully saturated rings. The number of hydrogen-bond donors (Lipinski definition) is 2. The second-order valence-corrected chi connectivity index (χ2v) is 6.85. The zero-order chi connectivity index (χ0) is 16.3. The van der Waals surface area contributed by atoms with Gasteiger partial charge in [-0.05, 0) is 37.8 Å². The van der Waals surface area contributed by atoms with Gasteiger partial charge in [-0.25, -0.2) is 0 Å². The van der Waals surface area contributed by atoms with Crippen LogP contribution in [0.5, 0.6) is 0 Å². The van der Waals surface area contributed by atoms with Crippen molar-refractivity contribution in [3.63, 3.8) is 0 Å². The molecule has 0 atom stereocenters. The summed E-state index contributed by atoms with van der Waals surface area (Å²) in [5, 5.41) is 11.4. The smallest absolute Gasteiger partial charge is 0.319 e. The molecular weight excluding hydrogens is 298 g/mol. The fourth-order valence-electron chi connectivity index (χ4n) is 2.19. The summed E-state index contributed by atoms with van der Waals surface area (Å²) in [5.41, 5.74) is 0. The molecule has 22 heavy (non-hydrogen) atoms. The van der Waals surface area contributed by atoms with E-state index in [4.69, 9.17) is 9.84 Å². The third-order valence-corrected chi connectivity index (χ3v) is 4.62. The molecule has 0 rings (SSSR count). The van der Waals surface area contributed by atoms with Gasteiger partial charge in [0.25, 0.3) is 0 Å². The zero-order valence-corrected chi connectivity index (χ0v) is 15.1. The maximum atomic E-state index is 11.1. The van der Waals surface area contributed by atoms with Crippen LogP contribution in [0, 0.1) is 0 Å². The highest BCUT2D eigenvalue weighted by molar-refractivity contribution is 7.99. The number of aliphatic hydroxyl groups excluding tert-OH is 1. The van der Waals surface area contributed by atoms with E-state index in [0.29, 0.717) is 19.8 Å².